The number of halogens is 1. The second-order valence-corrected chi connectivity index (χ2v) is 6.45. The molecule has 2 unspecified atom stereocenters. The van der Waals surface area contributed by atoms with Crippen molar-refractivity contribution < 1.29 is 13.9 Å². The van der Waals surface area contributed by atoms with E-state index in [1.807, 2.05) is 0 Å². The topological polar surface area (TPSA) is 54.7 Å². The molecule has 120 valence electrons. The van der Waals surface area contributed by atoms with Crippen LogP contribution >= 0.6 is 11.6 Å². The summed E-state index contributed by atoms with van der Waals surface area (Å²) in [4.78, 5) is 14.7. The zero-order valence-corrected chi connectivity index (χ0v) is 13.3. The average molecular weight is 333 g/mol. The number of benzene rings is 1. The van der Waals surface area contributed by atoms with E-state index >= 15 is 0 Å². The van der Waals surface area contributed by atoms with Gasteiger partial charge < -0.3 is 19.4 Å². The zero-order valence-electron chi connectivity index (χ0n) is 12.5. The lowest BCUT2D eigenvalue weighted by Gasteiger charge is -2.23. The molecule has 2 bridgehead atoms. The minimum Gasteiger partial charge on any atom is -0.426 e. The van der Waals surface area contributed by atoms with Crippen LogP contribution in [0.5, 0.6) is 11.7 Å². The van der Waals surface area contributed by atoms with Gasteiger partial charge in [-0.15, -0.1) is 0 Å². The van der Waals surface area contributed by atoms with Crippen molar-refractivity contribution in [3.05, 3.63) is 47.2 Å². The van der Waals surface area contributed by atoms with Crippen LogP contribution in [0.25, 0.3) is 0 Å². The molecular weight excluding hydrogens is 316 g/mol. The molecule has 2 aromatic rings. The van der Waals surface area contributed by atoms with E-state index < -0.39 is 0 Å². The molecule has 3 heterocycles. The lowest BCUT2D eigenvalue weighted by Crippen LogP contribution is -2.43. The Kier molecular flexibility index (Phi) is 3.75. The molecule has 2 fully saturated rings. The fraction of sp³-hybridized carbons (Fsp3) is 0.353. The number of fused-ring (bicyclic) bond motifs is 2. The monoisotopic (exact) mass is 332 g/mol. The van der Waals surface area contributed by atoms with Crippen molar-refractivity contribution in [3.63, 3.8) is 0 Å². The summed E-state index contributed by atoms with van der Waals surface area (Å²) in [6.45, 7) is 3.25. The summed E-state index contributed by atoms with van der Waals surface area (Å²) in [7, 11) is 0. The van der Waals surface area contributed by atoms with Crippen LogP contribution in [0.3, 0.4) is 0 Å². The minimum atomic E-state index is -0.0312. The summed E-state index contributed by atoms with van der Waals surface area (Å²) in [6.07, 6.45) is 1.18. The fourth-order valence-corrected chi connectivity index (χ4v) is 3.48. The third-order valence-electron chi connectivity index (χ3n) is 4.53. The quantitative estimate of drug-likeness (QED) is 0.934. The first-order chi connectivity index (χ1) is 11.2. The molecule has 5 nitrogen and oxygen atoms in total. The molecular formula is C17H17ClN2O3. The van der Waals surface area contributed by atoms with Gasteiger partial charge in [0.05, 0.1) is 0 Å². The van der Waals surface area contributed by atoms with Crippen LogP contribution < -0.4 is 10.1 Å². The molecule has 1 aromatic heterocycles. The summed E-state index contributed by atoms with van der Waals surface area (Å²) in [5.74, 6) is 1.49. The molecule has 2 aliphatic rings. The fourth-order valence-electron chi connectivity index (χ4n) is 3.34. The number of nitrogens with zero attached hydrogens (tertiary/aromatic N) is 1. The van der Waals surface area contributed by atoms with Gasteiger partial charge in [0, 0.05) is 36.8 Å². The van der Waals surface area contributed by atoms with Crippen molar-refractivity contribution in [2.45, 2.75) is 12.5 Å². The Labute approximate surface area is 139 Å². The lowest BCUT2D eigenvalue weighted by atomic mass is 9.99. The van der Waals surface area contributed by atoms with Gasteiger partial charge in [-0.25, -0.2) is 0 Å². The Balaban J connectivity index is 1.38. The van der Waals surface area contributed by atoms with Crippen LogP contribution in [0, 0.1) is 5.92 Å². The van der Waals surface area contributed by atoms with Gasteiger partial charge >= 0.3 is 0 Å². The zero-order chi connectivity index (χ0) is 15.8. The van der Waals surface area contributed by atoms with E-state index in [1.165, 1.54) is 13.0 Å². The van der Waals surface area contributed by atoms with E-state index in [9.17, 15) is 4.79 Å². The number of rotatable bonds is 4. The van der Waals surface area contributed by atoms with Gasteiger partial charge in [-0.05, 0) is 54.7 Å². The molecule has 6 heteroatoms. The Hall–Kier alpha value is -1.98. The maximum absolute atomic E-state index is 12.3. The van der Waals surface area contributed by atoms with E-state index in [0.717, 1.165) is 13.1 Å². The third-order valence-corrected chi connectivity index (χ3v) is 4.74. The lowest BCUT2D eigenvalue weighted by molar-refractivity contribution is 0.0924. The number of ether oxygens (including phenoxy) is 1. The highest BCUT2D eigenvalue weighted by Crippen LogP contribution is 2.28. The molecule has 0 radical (unpaired) electrons. The van der Waals surface area contributed by atoms with Crippen molar-refractivity contribution in [1.29, 1.82) is 0 Å². The highest BCUT2D eigenvalue weighted by Gasteiger charge is 2.38. The average Bonchev–Trinajstić information content (AvgIpc) is 3.25. The van der Waals surface area contributed by atoms with Crippen molar-refractivity contribution >= 4 is 17.5 Å². The van der Waals surface area contributed by atoms with Gasteiger partial charge in [0.1, 0.15) is 5.75 Å². The van der Waals surface area contributed by atoms with Crippen LogP contribution in [0.15, 0.2) is 40.8 Å². The summed E-state index contributed by atoms with van der Waals surface area (Å²) in [5.41, 5.74) is 0.632. The molecule has 0 saturated carbocycles. The Morgan fingerprint density at radius 1 is 1.22 bits per heavy atom. The summed E-state index contributed by atoms with van der Waals surface area (Å²) in [5, 5.41) is 3.42. The highest BCUT2D eigenvalue weighted by molar-refractivity contribution is 6.28. The SMILES string of the molecule is O=C(NC1CN2CC[C@H]1C2)c1ccc(Oc2ccc(Cl)o2)cc1. The number of hydrogen-bond donors (Lipinski definition) is 1. The first kappa shape index (κ1) is 14.6. The van der Waals surface area contributed by atoms with Crippen LogP contribution in [-0.2, 0) is 0 Å². The number of piperidine rings is 1. The minimum absolute atomic E-state index is 0.0312. The molecule has 1 N–H and O–H groups in total. The normalized spacial score (nSPS) is 25.5. The van der Waals surface area contributed by atoms with Crippen molar-refractivity contribution in [3.8, 4) is 11.7 Å². The summed E-state index contributed by atoms with van der Waals surface area (Å²) >= 11 is 5.70. The first-order valence-corrected chi connectivity index (χ1v) is 8.12. The van der Waals surface area contributed by atoms with Crippen LogP contribution in [0.2, 0.25) is 5.22 Å². The number of carbonyl (C=O) groups excluding carboxylic acids is 1. The largest absolute Gasteiger partial charge is 0.426 e. The van der Waals surface area contributed by atoms with Crippen molar-refractivity contribution in [2.24, 2.45) is 5.92 Å². The Morgan fingerprint density at radius 3 is 2.65 bits per heavy atom. The van der Waals surface area contributed by atoms with Gasteiger partial charge in [0.25, 0.3) is 11.9 Å². The summed E-state index contributed by atoms with van der Waals surface area (Å²) < 4.78 is 10.7. The molecule has 0 spiro atoms. The maximum Gasteiger partial charge on any atom is 0.291 e. The molecule has 23 heavy (non-hydrogen) atoms. The first-order valence-electron chi connectivity index (χ1n) is 7.74. The van der Waals surface area contributed by atoms with Crippen LogP contribution in [0.1, 0.15) is 16.8 Å². The van der Waals surface area contributed by atoms with E-state index in [4.69, 9.17) is 20.8 Å². The van der Waals surface area contributed by atoms with Crippen LogP contribution in [0.4, 0.5) is 0 Å². The molecule has 0 aliphatic carbocycles. The highest BCUT2D eigenvalue weighted by atomic mass is 35.5. The predicted molar refractivity (Wildman–Crippen MR) is 86.0 cm³/mol. The molecule has 4 rings (SSSR count). The molecule has 2 aliphatic heterocycles. The second-order valence-electron chi connectivity index (χ2n) is 6.07. The van der Waals surface area contributed by atoms with Crippen molar-refractivity contribution in [2.75, 3.05) is 19.6 Å². The smallest absolute Gasteiger partial charge is 0.291 e. The van der Waals surface area contributed by atoms with Crippen LogP contribution in [-0.4, -0.2) is 36.5 Å². The number of furan rings is 1. The van der Waals surface area contributed by atoms with Gasteiger partial charge in [0.2, 0.25) is 0 Å². The number of carbonyl (C=O) groups is 1. The van der Waals surface area contributed by atoms with E-state index in [1.54, 1.807) is 36.4 Å². The molecule has 2 saturated heterocycles. The van der Waals surface area contributed by atoms with Gasteiger partial charge in [-0.3, -0.25) is 4.79 Å². The molecule has 1 aromatic carbocycles. The molecule has 1 amide bonds. The number of hydrogen-bond acceptors (Lipinski definition) is 4. The standard InChI is InChI=1S/C17H17ClN2O3/c18-15-5-6-16(23-15)22-13-3-1-11(2-4-13)17(21)19-14-10-20-8-7-12(14)9-20/h1-6,12,14H,7-10H2,(H,19,21)/t12-,14?/m0/s1. The van der Waals surface area contributed by atoms with Gasteiger partial charge in [-0.1, -0.05) is 0 Å². The third kappa shape index (κ3) is 3.07. The maximum atomic E-state index is 12.3. The van der Waals surface area contributed by atoms with E-state index in [0.29, 0.717) is 23.2 Å². The van der Waals surface area contributed by atoms with E-state index in [2.05, 4.69) is 10.2 Å². The van der Waals surface area contributed by atoms with E-state index in [-0.39, 0.29) is 17.2 Å². The summed E-state index contributed by atoms with van der Waals surface area (Å²) in [6, 6.07) is 10.5. The second kappa shape index (κ2) is 5.91. The molecule has 3 atom stereocenters. The van der Waals surface area contributed by atoms with Crippen molar-refractivity contribution in [1.82, 2.24) is 10.2 Å². The Bertz CT molecular complexity index is 713. The number of amides is 1. The predicted octanol–water partition coefficient (Wildman–Crippen LogP) is 3.16. The van der Waals surface area contributed by atoms with Gasteiger partial charge in [0.15, 0.2) is 5.22 Å². The number of nitrogens with one attached hydrogen (secondary N) is 1. The van der Waals surface area contributed by atoms with Gasteiger partial charge in [-0.2, -0.15) is 0 Å². The Morgan fingerprint density at radius 2 is 2.04 bits per heavy atom.